The fraction of sp³-hybridized carbons (Fsp3) is 0. The molecule has 0 saturated carbocycles. The topological polar surface area (TPSA) is 12.9 Å². The fourth-order valence-electron chi connectivity index (χ4n) is 0.495. The lowest BCUT2D eigenvalue weighted by molar-refractivity contribution is 1.43. The molecule has 1 aliphatic heterocycles. The van der Waals surface area contributed by atoms with Gasteiger partial charge < -0.3 is 0 Å². The Labute approximate surface area is 35.6 Å². The second-order valence-corrected chi connectivity index (χ2v) is 1.37. The number of pyridine rings is 1. The van der Waals surface area contributed by atoms with Crippen LogP contribution in [-0.2, 0) is 0 Å². The molecular weight excluding hydrogens is 74.1 g/mol. The number of rotatable bonds is 0. The van der Waals surface area contributed by atoms with E-state index in [2.05, 4.69) is 11.2 Å². The first-order chi connectivity index (χ1) is 2.97. The van der Waals surface area contributed by atoms with Crippen molar-refractivity contribution in [2.45, 2.75) is 0 Å². The average Bonchev–Trinajstić information content (AvgIpc) is 2.17. The standard InChI is InChI=1S/C5H2N/c1-2-6-5-3-4(1)5/h1,3H. The third-order valence-electron chi connectivity index (χ3n) is 0.910. The molecule has 1 heteroatoms. The molecule has 0 saturated heterocycles. The molecular formula is C5H2N. The van der Waals surface area contributed by atoms with E-state index in [0.717, 1.165) is 5.69 Å². The molecule has 0 aromatic carbocycles. The van der Waals surface area contributed by atoms with Crippen molar-refractivity contribution in [1.29, 1.82) is 0 Å². The maximum Gasteiger partial charge on any atom is 0.0900 e. The van der Waals surface area contributed by atoms with Gasteiger partial charge in [0.1, 0.15) is 0 Å². The summed E-state index contributed by atoms with van der Waals surface area (Å²) in [6, 6.07) is 3.91. The predicted molar refractivity (Wildman–Crippen MR) is 22.1 cm³/mol. The average molecular weight is 76.1 g/mol. The summed E-state index contributed by atoms with van der Waals surface area (Å²) in [4.78, 5) is 3.83. The number of hydrogen-bond donors (Lipinski definition) is 0. The van der Waals surface area contributed by atoms with E-state index in [1.54, 1.807) is 0 Å². The van der Waals surface area contributed by atoms with E-state index in [1.807, 2.05) is 12.1 Å². The van der Waals surface area contributed by atoms with Crippen LogP contribution in [0.25, 0.3) is 11.3 Å². The molecule has 2 rings (SSSR count). The molecule has 0 amide bonds. The molecule has 6 heavy (non-hydrogen) atoms. The van der Waals surface area contributed by atoms with Crippen LogP contribution in [-0.4, -0.2) is 4.98 Å². The normalized spacial score (nSPS) is 11.3. The van der Waals surface area contributed by atoms with Gasteiger partial charge in [-0.1, -0.05) is 0 Å². The zero-order chi connectivity index (χ0) is 3.98. The van der Waals surface area contributed by atoms with Crippen molar-refractivity contribution >= 4 is 0 Å². The Kier molecular flexibility index (Phi) is 0.192. The molecule has 0 aromatic rings. The monoisotopic (exact) mass is 76.0 g/mol. The minimum absolute atomic E-state index is 1.12. The highest BCUT2D eigenvalue weighted by Crippen LogP contribution is 2.29. The van der Waals surface area contributed by atoms with E-state index >= 15 is 0 Å². The molecule has 0 atom stereocenters. The highest BCUT2D eigenvalue weighted by atomic mass is 14.7. The lowest BCUT2D eigenvalue weighted by Crippen LogP contribution is -1.44. The lowest BCUT2D eigenvalue weighted by atomic mass is 10.6. The van der Waals surface area contributed by atoms with Crippen LogP contribution in [0.15, 0.2) is 12.1 Å². The van der Waals surface area contributed by atoms with Gasteiger partial charge in [-0.25, -0.2) is 4.98 Å². The first kappa shape index (κ1) is 2.35. The minimum Gasteiger partial charge on any atom is -0.246 e. The Morgan fingerprint density at radius 1 is 1.67 bits per heavy atom. The molecule has 0 spiro atoms. The van der Waals surface area contributed by atoms with Gasteiger partial charge in [-0.2, -0.15) is 0 Å². The number of aromatic nitrogens is 1. The van der Waals surface area contributed by atoms with Crippen molar-refractivity contribution in [3.8, 4) is 11.3 Å². The van der Waals surface area contributed by atoms with Crippen LogP contribution >= 0.6 is 0 Å². The van der Waals surface area contributed by atoms with Crippen LogP contribution in [0.2, 0.25) is 0 Å². The SMILES string of the molecule is [c]1cc2cc-2n1. The molecule has 0 bridgehead atoms. The third-order valence-corrected chi connectivity index (χ3v) is 0.910. The summed E-state index contributed by atoms with van der Waals surface area (Å²) in [6.07, 6.45) is 2.72. The zero-order valence-electron chi connectivity index (χ0n) is 3.10. The molecule has 0 unspecified atom stereocenters. The first-order valence-corrected chi connectivity index (χ1v) is 1.85. The highest BCUT2D eigenvalue weighted by molar-refractivity contribution is 5.75. The summed E-state index contributed by atoms with van der Waals surface area (Å²) in [5.41, 5.74) is 2.38. The predicted octanol–water partition coefficient (Wildman–Crippen LogP) is 0.862. The molecule has 0 N–H and O–H groups in total. The molecule has 0 fully saturated rings. The molecule has 2 aliphatic rings. The van der Waals surface area contributed by atoms with Crippen molar-refractivity contribution < 1.29 is 0 Å². The van der Waals surface area contributed by atoms with Crippen LogP contribution < -0.4 is 0 Å². The van der Waals surface area contributed by atoms with Gasteiger partial charge in [0.05, 0.1) is 11.9 Å². The fourth-order valence-corrected chi connectivity index (χ4v) is 0.495. The molecule has 27 valence electrons. The van der Waals surface area contributed by atoms with Gasteiger partial charge >= 0.3 is 0 Å². The molecule has 1 nitrogen and oxygen atoms in total. The summed E-state index contributed by atoms with van der Waals surface area (Å²) in [5, 5.41) is 0. The van der Waals surface area contributed by atoms with Gasteiger partial charge in [-0.05, 0) is 12.1 Å². The van der Waals surface area contributed by atoms with Gasteiger partial charge in [0, 0.05) is 5.56 Å². The minimum atomic E-state index is 1.12. The van der Waals surface area contributed by atoms with Crippen LogP contribution in [0.4, 0.5) is 0 Å². The van der Waals surface area contributed by atoms with Crippen molar-refractivity contribution in [1.82, 2.24) is 4.98 Å². The van der Waals surface area contributed by atoms with E-state index in [-0.39, 0.29) is 0 Å². The van der Waals surface area contributed by atoms with Crippen molar-refractivity contribution in [3.05, 3.63) is 18.3 Å². The second-order valence-electron chi connectivity index (χ2n) is 1.37. The number of fused-ring (bicyclic) bond motifs is 1. The lowest BCUT2D eigenvalue weighted by Gasteiger charge is -1.49. The van der Waals surface area contributed by atoms with E-state index in [4.69, 9.17) is 0 Å². The van der Waals surface area contributed by atoms with Crippen LogP contribution in [0.5, 0.6) is 0 Å². The summed E-state index contributed by atoms with van der Waals surface area (Å²) in [7, 11) is 0. The van der Waals surface area contributed by atoms with Gasteiger partial charge in [-0.3, -0.25) is 0 Å². The summed E-state index contributed by atoms with van der Waals surface area (Å²) in [6.45, 7) is 0. The Morgan fingerprint density at radius 2 is 2.67 bits per heavy atom. The van der Waals surface area contributed by atoms with Gasteiger partial charge in [0.2, 0.25) is 0 Å². The largest absolute Gasteiger partial charge is 0.246 e. The Hall–Kier alpha value is -0.850. The summed E-state index contributed by atoms with van der Waals surface area (Å²) >= 11 is 0. The first-order valence-electron chi connectivity index (χ1n) is 1.85. The molecule has 1 heterocycles. The smallest absolute Gasteiger partial charge is 0.0900 e. The number of hydrogen-bond acceptors (Lipinski definition) is 1. The van der Waals surface area contributed by atoms with E-state index in [1.165, 1.54) is 5.56 Å². The summed E-state index contributed by atoms with van der Waals surface area (Å²) in [5.74, 6) is 0. The molecule has 0 aromatic heterocycles. The zero-order valence-corrected chi connectivity index (χ0v) is 3.10. The van der Waals surface area contributed by atoms with E-state index in [9.17, 15) is 0 Å². The number of nitrogens with zero attached hydrogens (tertiary/aromatic N) is 1. The maximum atomic E-state index is 3.83. The van der Waals surface area contributed by atoms with Gasteiger partial charge in [0.15, 0.2) is 0 Å². The maximum absolute atomic E-state index is 3.83. The molecule has 1 radical (unpaired) electrons. The second kappa shape index (κ2) is 0.492. The van der Waals surface area contributed by atoms with Crippen LogP contribution in [0.3, 0.4) is 0 Å². The third kappa shape index (κ3) is 0.117. The Morgan fingerprint density at radius 3 is 2.83 bits per heavy atom. The Balaban J connectivity index is 2.91. The van der Waals surface area contributed by atoms with Crippen LogP contribution in [0.1, 0.15) is 0 Å². The summed E-state index contributed by atoms with van der Waals surface area (Å²) < 4.78 is 0. The van der Waals surface area contributed by atoms with Crippen molar-refractivity contribution in [3.63, 3.8) is 0 Å². The highest BCUT2D eigenvalue weighted by Gasteiger charge is 2.10. The quantitative estimate of drug-likeness (QED) is 0.453. The van der Waals surface area contributed by atoms with Crippen molar-refractivity contribution in [2.75, 3.05) is 0 Å². The van der Waals surface area contributed by atoms with Gasteiger partial charge in [-0.15, -0.1) is 0 Å². The van der Waals surface area contributed by atoms with Gasteiger partial charge in [0.25, 0.3) is 0 Å². The van der Waals surface area contributed by atoms with E-state index in [0.29, 0.717) is 0 Å². The van der Waals surface area contributed by atoms with Crippen molar-refractivity contribution in [2.24, 2.45) is 0 Å². The van der Waals surface area contributed by atoms with Crippen LogP contribution in [0, 0.1) is 6.20 Å². The molecule has 1 aliphatic carbocycles. The Bertz CT molecular complexity index is 164. The van der Waals surface area contributed by atoms with E-state index < -0.39 is 0 Å².